The molecule has 3 heterocycles. The van der Waals surface area contributed by atoms with E-state index in [1.807, 2.05) is 28.8 Å². The predicted molar refractivity (Wildman–Crippen MR) is 146 cm³/mol. The lowest BCUT2D eigenvalue weighted by molar-refractivity contribution is -0.136. The fourth-order valence-electron chi connectivity index (χ4n) is 8.35. The molecule has 0 amide bonds. The number of carboxylic acid groups (broad SMARTS) is 1. The summed E-state index contributed by atoms with van der Waals surface area (Å²) in [7, 11) is 1.41. The number of fused-ring (bicyclic) bond motifs is 5. The number of carbonyl (C=O) groups is 1. The summed E-state index contributed by atoms with van der Waals surface area (Å²) in [6.45, 7) is 0. The Hall–Kier alpha value is -2.74. The summed E-state index contributed by atoms with van der Waals surface area (Å²) in [6.07, 6.45) is 14.1. The molecule has 1 aromatic carbocycles. The van der Waals surface area contributed by atoms with Gasteiger partial charge >= 0.3 is 5.97 Å². The van der Waals surface area contributed by atoms with Crippen molar-refractivity contribution in [1.82, 2.24) is 14.5 Å². The van der Waals surface area contributed by atoms with Crippen molar-refractivity contribution in [1.29, 1.82) is 0 Å². The van der Waals surface area contributed by atoms with E-state index >= 15 is 0 Å². The highest BCUT2D eigenvalue weighted by Gasteiger charge is 2.47. The van der Waals surface area contributed by atoms with Gasteiger partial charge in [0.1, 0.15) is 12.8 Å². The van der Waals surface area contributed by atoms with Crippen molar-refractivity contribution in [2.24, 2.45) is 17.0 Å². The van der Waals surface area contributed by atoms with Gasteiger partial charge in [0.15, 0.2) is 5.69 Å². The van der Waals surface area contributed by atoms with Crippen molar-refractivity contribution >= 4 is 22.7 Å². The lowest BCUT2D eigenvalue weighted by Crippen LogP contribution is -2.52. The SMILES string of the molecule is CON=C(CCC(=O)O)c1nc2ccccc2n(C2CC3CC[C@H](C2)N3C2CC3CCCCC(C3)C2)c1=O. The first-order valence-corrected chi connectivity index (χ1v) is 14.6. The molecule has 0 radical (unpaired) electrons. The first kappa shape index (κ1) is 25.5. The second-order valence-electron chi connectivity index (χ2n) is 12.1. The summed E-state index contributed by atoms with van der Waals surface area (Å²) in [6, 6.07) is 9.62. The Morgan fingerprint density at radius 1 is 0.947 bits per heavy atom. The van der Waals surface area contributed by atoms with E-state index in [0.29, 0.717) is 23.8 Å². The fourth-order valence-corrected chi connectivity index (χ4v) is 8.35. The van der Waals surface area contributed by atoms with Crippen LogP contribution < -0.4 is 5.56 Å². The molecule has 4 fully saturated rings. The predicted octanol–water partition coefficient (Wildman–Crippen LogP) is 5.14. The minimum absolute atomic E-state index is 0.0945. The lowest BCUT2D eigenvalue weighted by atomic mass is 9.76. The van der Waals surface area contributed by atoms with Gasteiger partial charge in [0, 0.05) is 30.6 Å². The molecule has 1 N–H and O–H groups in total. The summed E-state index contributed by atoms with van der Waals surface area (Å²) in [5.41, 5.74) is 1.89. The molecule has 2 aliphatic carbocycles. The molecule has 4 aliphatic rings. The summed E-state index contributed by atoms with van der Waals surface area (Å²) in [4.78, 5) is 37.9. The number of aliphatic carboxylic acids is 1. The number of piperidine rings is 1. The molecule has 2 aliphatic heterocycles. The quantitative estimate of drug-likeness (QED) is 0.401. The van der Waals surface area contributed by atoms with E-state index in [4.69, 9.17) is 4.84 Å². The molecule has 2 saturated heterocycles. The van der Waals surface area contributed by atoms with Crippen molar-refractivity contribution in [3.8, 4) is 0 Å². The summed E-state index contributed by atoms with van der Waals surface area (Å²) in [5, 5.41) is 13.3. The second-order valence-corrected chi connectivity index (χ2v) is 12.1. The molecule has 1 aromatic heterocycles. The zero-order valence-electron chi connectivity index (χ0n) is 22.4. The van der Waals surface area contributed by atoms with Crippen LogP contribution in [0.5, 0.6) is 0 Å². The minimum Gasteiger partial charge on any atom is -0.481 e. The Kier molecular flexibility index (Phi) is 7.25. The van der Waals surface area contributed by atoms with Crippen LogP contribution in [0.2, 0.25) is 0 Å². The molecule has 8 nitrogen and oxygen atoms in total. The van der Waals surface area contributed by atoms with Crippen LogP contribution in [-0.4, -0.2) is 56.5 Å². The van der Waals surface area contributed by atoms with E-state index in [9.17, 15) is 14.7 Å². The van der Waals surface area contributed by atoms with Crippen molar-refractivity contribution in [3.63, 3.8) is 0 Å². The maximum Gasteiger partial charge on any atom is 0.303 e. The third-order valence-corrected chi connectivity index (χ3v) is 9.75. The van der Waals surface area contributed by atoms with Gasteiger partial charge in [-0.05, 0) is 68.9 Å². The van der Waals surface area contributed by atoms with E-state index < -0.39 is 5.97 Å². The number of hydrogen-bond acceptors (Lipinski definition) is 6. The molecular formula is C30H40N4O4. The summed E-state index contributed by atoms with van der Waals surface area (Å²) < 4.78 is 1.95. The van der Waals surface area contributed by atoms with Gasteiger partial charge in [-0.15, -0.1) is 0 Å². The number of para-hydroxylation sites is 2. The molecule has 0 spiro atoms. The molecule has 4 unspecified atom stereocenters. The van der Waals surface area contributed by atoms with Crippen molar-refractivity contribution in [2.45, 2.75) is 108 Å². The van der Waals surface area contributed by atoms with Crippen LogP contribution >= 0.6 is 0 Å². The van der Waals surface area contributed by atoms with E-state index in [2.05, 4.69) is 15.0 Å². The fraction of sp³-hybridized carbons (Fsp3) is 0.667. The topological polar surface area (TPSA) is 97.0 Å². The Bertz CT molecular complexity index is 1240. The highest BCUT2D eigenvalue weighted by atomic mass is 16.6. The molecule has 2 aromatic rings. The molecular weight excluding hydrogens is 480 g/mol. The Morgan fingerprint density at radius 3 is 2.29 bits per heavy atom. The molecule has 4 bridgehead atoms. The van der Waals surface area contributed by atoms with Gasteiger partial charge in [0.2, 0.25) is 0 Å². The van der Waals surface area contributed by atoms with Crippen molar-refractivity contribution in [2.75, 3.05) is 7.11 Å². The first-order chi connectivity index (χ1) is 18.5. The number of hydrogen-bond donors (Lipinski definition) is 1. The first-order valence-electron chi connectivity index (χ1n) is 14.6. The van der Waals surface area contributed by atoms with Crippen LogP contribution in [0.25, 0.3) is 11.0 Å². The number of benzene rings is 1. The normalized spacial score (nSPS) is 31.8. The molecule has 6 rings (SSSR count). The van der Waals surface area contributed by atoms with Crippen LogP contribution in [0.4, 0.5) is 0 Å². The maximum absolute atomic E-state index is 14.0. The lowest BCUT2D eigenvalue weighted by Gasteiger charge is -2.48. The van der Waals surface area contributed by atoms with Gasteiger partial charge in [-0.25, -0.2) is 4.98 Å². The molecule has 2 saturated carbocycles. The van der Waals surface area contributed by atoms with Gasteiger partial charge in [0.25, 0.3) is 5.56 Å². The van der Waals surface area contributed by atoms with E-state index in [-0.39, 0.29) is 30.1 Å². The molecule has 38 heavy (non-hydrogen) atoms. The number of aromatic nitrogens is 2. The second kappa shape index (κ2) is 10.8. The average Bonchev–Trinajstić information content (AvgIpc) is 3.06. The van der Waals surface area contributed by atoms with Crippen LogP contribution in [0.3, 0.4) is 0 Å². The van der Waals surface area contributed by atoms with E-state index in [1.165, 1.54) is 64.9 Å². The van der Waals surface area contributed by atoms with Crippen molar-refractivity contribution < 1.29 is 14.7 Å². The number of oxime groups is 1. The van der Waals surface area contributed by atoms with Crippen LogP contribution in [-0.2, 0) is 9.63 Å². The third-order valence-electron chi connectivity index (χ3n) is 9.75. The molecule has 8 heteroatoms. The largest absolute Gasteiger partial charge is 0.481 e. The number of rotatable bonds is 7. The Balaban J connectivity index is 1.32. The third kappa shape index (κ3) is 4.88. The highest BCUT2D eigenvalue weighted by Crippen LogP contribution is 2.47. The Labute approximate surface area is 224 Å². The Morgan fingerprint density at radius 2 is 1.63 bits per heavy atom. The standard InChI is InChI=1S/C30H40N4O4/c1-38-32-26(12-13-28(35)36)29-30(37)34(27-9-5-4-8-25(27)31-29)24-17-21-10-11-22(18-24)33(21)23-15-19-6-2-3-7-20(14-19)16-23/h4-5,8-9,19-24H,2-3,6-7,10-18H2,1H3,(H,35,36)/t19?,20?,21-,22?,23?,24?/m1/s1. The van der Waals surface area contributed by atoms with Crippen LogP contribution in [0, 0.1) is 11.8 Å². The van der Waals surface area contributed by atoms with Crippen LogP contribution in [0.1, 0.15) is 95.2 Å². The van der Waals surface area contributed by atoms with Gasteiger partial charge in [-0.2, -0.15) is 0 Å². The number of nitrogens with zero attached hydrogens (tertiary/aromatic N) is 4. The van der Waals surface area contributed by atoms with E-state index in [0.717, 1.165) is 35.7 Å². The van der Waals surface area contributed by atoms with E-state index in [1.54, 1.807) is 0 Å². The molecule has 204 valence electrons. The summed E-state index contributed by atoms with van der Waals surface area (Å²) in [5.74, 6) is 0.857. The van der Waals surface area contributed by atoms with Gasteiger partial charge in [0.05, 0.1) is 17.5 Å². The minimum atomic E-state index is -0.943. The zero-order valence-corrected chi connectivity index (χ0v) is 22.4. The monoisotopic (exact) mass is 520 g/mol. The number of carboxylic acids is 1. The zero-order chi connectivity index (χ0) is 26.2. The van der Waals surface area contributed by atoms with Gasteiger partial charge in [-0.3, -0.25) is 14.5 Å². The highest BCUT2D eigenvalue weighted by molar-refractivity contribution is 6.00. The van der Waals surface area contributed by atoms with Crippen molar-refractivity contribution in [3.05, 3.63) is 40.3 Å². The smallest absolute Gasteiger partial charge is 0.303 e. The van der Waals surface area contributed by atoms with Gasteiger partial charge < -0.3 is 14.5 Å². The van der Waals surface area contributed by atoms with Crippen LogP contribution in [0.15, 0.2) is 34.2 Å². The average molecular weight is 521 g/mol. The van der Waals surface area contributed by atoms with Gasteiger partial charge in [-0.1, -0.05) is 43.0 Å². The maximum atomic E-state index is 14.0. The summed E-state index contributed by atoms with van der Waals surface area (Å²) >= 11 is 0. The molecule has 5 atom stereocenters.